The van der Waals surface area contributed by atoms with Gasteiger partial charge < -0.3 is 5.11 Å². The van der Waals surface area contributed by atoms with Crippen molar-refractivity contribution < 1.29 is 24.3 Å². The lowest BCUT2D eigenvalue weighted by Crippen LogP contribution is -2.43. The molecule has 6 atom stereocenters. The zero-order valence-electron chi connectivity index (χ0n) is 23.2. The summed E-state index contributed by atoms with van der Waals surface area (Å²) in [7, 11) is 0. The van der Waals surface area contributed by atoms with Gasteiger partial charge in [-0.3, -0.25) is 29.0 Å². The molecule has 3 fully saturated rings. The summed E-state index contributed by atoms with van der Waals surface area (Å²) in [4.78, 5) is 58.8. The molecule has 0 radical (unpaired) electrons. The van der Waals surface area contributed by atoms with Gasteiger partial charge in [0.05, 0.1) is 35.0 Å². The highest BCUT2D eigenvalue weighted by Gasteiger charge is 2.62. The van der Waals surface area contributed by atoms with Crippen molar-refractivity contribution in [2.45, 2.75) is 18.8 Å². The minimum Gasteiger partial charge on any atom is -0.508 e. The first kappa shape index (κ1) is 25.7. The standard InChI is InChI=1S/C36H28N2O5/c39-28-18-15-20-9-7-8-14-23(20)30(28)31-24-16-17-25-29(35(42)37(33(25)40)21-10-3-1-4-11-21)26(24)19-27-32(31)36(43)38(34(27)41)22-12-5-2-6-13-22/h1-16,18,25-27,29,31-32,39H,17,19H2. The molecule has 1 saturated carbocycles. The largest absolute Gasteiger partial charge is 0.508 e. The quantitative estimate of drug-likeness (QED) is 0.257. The van der Waals surface area contributed by atoms with Crippen molar-refractivity contribution in [2.24, 2.45) is 29.6 Å². The summed E-state index contributed by atoms with van der Waals surface area (Å²) in [5.74, 6) is -4.77. The molecule has 2 aliphatic heterocycles. The van der Waals surface area contributed by atoms with Crippen LogP contribution in [-0.4, -0.2) is 28.7 Å². The highest BCUT2D eigenvalue weighted by atomic mass is 16.3. The first-order valence-corrected chi connectivity index (χ1v) is 14.7. The van der Waals surface area contributed by atoms with Gasteiger partial charge in [0.25, 0.3) is 0 Å². The number of carbonyl (C=O) groups is 4. The highest BCUT2D eigenvalue weighted by molar-refractivity contribution is 6.24. The number of phenols is 1. The van der Waals surface area contributed by atoms with E-state index in [9.17, 15) is 24.3 Å². The van der Waals surface area contributed by atoms with Crippen LogP contribution in [0.2, 0.25) is 0 Å². The molecular weight excluding hydrogens is 540 g/mol. The van der Waals surface area contributed by atoms with Crippen molar-refractivity contribution in [1.29, 1.82) is 0 Å². The maximum atomic E-state index is 14.3. The van der Waals surface area contributed by atoms with Crippen LogP contribution in [0.25, 0.3) is 10.8 Å². The summed E-state index contributed by atoms with van der Waals surface area (Å²) in [6.45, 7) is 0. The van der Waals surface area contributed by atoms with Crippen LogP contribution in [-0.2, 0) is 19.2 Å². The zero-order chi connectivity index (χ0) is 29.4. The minimum atomic E-state index is -0.749. The molecule has 212 valence electrons. The summed E-state index contributed by atoms with van der Waals surface area (Å²) in [6.07, 6.45) is 2.65. The Kier molecular flexibility index (Phi) is 5.66. The van der Waals surface area contributed by atoms with Crippen molar-refractivity contribution in [3.63, 3.8) is 0 Å². The maximum Gasteiger partial charge on any atom is 0.238 e. The van der Waals surface area contributed by atoms with E-state index in [4.69, 9.17) is 0 Å². The minimum absolute atomic E-state index is 0.0456. The Morgan fingerprint density at radius 2 is 1.16 bits per heavy atom. The SMILES string of the molecule is O=C1C2CC=C3C(CC4C(=O)N(c5ccccc5)C(=O)C4C3c3c(O)ccc4ccccc34)C2C(=O)N1c1ccccc1. The molecule has 8 rings (SSSR count). The van der Waals surface area contributed by atoms with Crippen LogP contribution in [0.4, 0.5) is 11.4 Å². The second kappa shape index (κ2) is 9.49. The number of para-hydroxylation sites is 2. The number of nitrogens with zero attached hydrogens (tertiary/aromatic N) is 2. The molecule has 2 saturated heterocycles. The van der Waals surface area contributed by atoms with E-state index in [1.54, 1.807) is 54.6 Å². The third-order valence-corrected chi connectivity index (χ3v) is 9.94. The number of rotatable bonds is 3. The van der Waals surface area contributed by atoms with E-state index in [0.717, 1.165) is 16.3 Å². The molecule has 6 unspecified atom stereocenters. The number of aromatic hydroxyl groups is 1. The van der Waals surface area contributed by atoms with Gasteiger partial charge in [0.2, 0.25) is 23.6 Å². The molecule has 2 aliphatic carbocycles. The maximum absolute atomic E-state index is 14.3. The number of amides is 4. The Morgan fingerprint density at radius 1 is 0.581 bits per heavy atom. The fourth-order valence-corrected chi connectivity index (χ4v) is 8.18. The molecule has 0 bridgehead atoms. The Balaban J connectivity index is 1.31. The van der Waals surface area contributed by atoms with E-state index in [1.165, 1.54) is 9.80 Å². The molecule has 7 nitrogen and oxygen atoms in total. The molecule has 2 heterocycles. The first-order chi connectivity index (χ1) is 21.0. The van der Waals surface area contributed by atoms with Crippen LogP contribution in [0.3, 0.4) is 0 Å². The smallest absolute Gasteiger partial charge is 0.238 e. The molecule has 1 N–H and O–H groups in total. The normalized spacial score (nSPS) is 28.1. The van der Waals surface area contributed by atoms with Gasteiger partial charge in [-0.05, 0) is 59.9 Å². The Bertz CT molecular complexity index is 1870. The topological polar surface area (TPSA) is 95.0 Å². The van der Waals surface area contributed by atoms with Crippen molar-refractivity contribution in [2.75, 3.05) is 9.80 Å². The number of imide groups is 2. The van der Waals surface area contributed by atoms with E-state index >= 15 is 0 Å². The van der Waals surface area contributed by atoms with Crippen molar-refractivity contribution in [3.8, 4) is 5.75 Å². The molecule has 4 aromatic rings. The second-order valence-corrected chi connectivity index (χ2v) is 11.9. The van der Waals surface area contributed by atoms with Gasteiger partial charge >= 0.3 is 0 Å². The number of anilines is 2. The highest BCUT2D eigenvalue weighted by Crippen LogP contribution is 2.60. The number of hydrogen-bond donors (Lipinski definition) is 1. The molecule has 0 aromatic heterocycles. The average molecular weight is 569 g/mol. The summed E-state index contributed by atoms with van der Waals surface area (Å²) in [6, 6.07) is 29.0. The van der Waals surface area contributed by atoms with Gasteiger partial charge in [0.15, 0.2) is 0 Å². The number of benzene rings is 4. The third-order valence-electron chi connectivity index (χ3n) is 9.94. The monoisotopic (exact) mass is 568 g/mol. The van der Waals surface area contributed by atoms with Crippen LogP contribution in [0, 0.1) is 29.6 Å². The van der Waals surface area contributed by atoms with E-state index in [0.29, 0.717) is 23.4 Å². The van der Waals surface area contributed by atoms with Crippen LogP contribution >= 0.6 is 0 Å². The van der Waals surface area contributed by atoms with Crippen LogP contribution in [0.1, 0.15) is 24.3 Å². The van der Waals surface area contributed by atoms with Gasteiger partial charge in [-0.2, -0.15) is 0 Å². The third kappa shape index (κ3) is 3.60. The van der Waals surface area contributed by atoms with E-state index in [-0.39, 0.29) is 35.8 Å². The Labute approximate surface area is 248 Å². The molecule has 43 heavy (non-hydrogen) atoms. The van der Waals surface area contributed by atoms with Gasteiger partial charge in [0.1, 0.15) is 5.75 Å². The lowest BCUT2D eigenvalue weighted by atomic mass is 9.56. The molecule has 4 aliphatic rings. The lowest BCUT2D eigenvalue weighted by molar-refractivity contribution is -0.126. The fraction of sp³-hybridized carbons (Fsp3) is 0.222. The summed E-state index contributed by atoms with van der Waals surface area (Å²) in [5.41, 5.74) is 2.49. The van der Waals surface area contributed by atoms with Crippen LogP contribution in [0.5, 0.6) is 5.75 Å². The molecular formula is C36H28N2O5. The van der Waals surface area contributed by atoms with E-state index in [2.05, 4.69) is 0 Å². The van der Waals surface area contributed by atoms with E-state index in [1.807, 2.05) is 48.5 Å². The summed E-state index contributed by atoms with van der Waals surface area (Å²) < 4.78 is 0. The van der Waals surface area contributed by atoms with Gasteiger partial charge in [-0.15, -0.1) is 0 Å². The van der Waals surface area contributed by atoms with Crippen molar-refractivity contribution in [3.05, 3.63) is 114 Å². The molecule has 7 heteroatoms. The number of fused-ring (bicyclic) bond motifs is 5. The van der Waals surface area contributed by atoms with Crippen molar-refractivity contribution >= 4 is 45.8 Å². The Morgan fingerprint density at radius 3 is 1.84 bits per heavy atom. The molecule has 4 amide bonds. The summed E-state index contributed by atoms with van der Waals surface area (Å²) in [5, 5.41) is 13.1. The van der Waals surface area contributed by atoms with Crippen molar-refractivity contribution in [1.82, 2.24) is 0 Å². The second-order valence-electron chi connectivity index (χ2n) is 11.9. The van der Waals surface area contributed by atoms with Crippen LogP contribution in [0.15, 0.2) is 109 Å². The van der Waals surface area contributed by atoms with Gasteiger partial charge in [-0.25, -0.2) is 0 Å². The molecule has 4 aromatic carbocycles. The first-order valence-electron chi connectivity index (χ1n) is 14.7. The number of hydrogen-bond acceptors (Lipinski definition) is 5. The van der Waals surface area contributed by atoms with E-state index < -0.39 is 35.5 Å². The predicted octanol–water partition coefficient (Wildman–Crippen LogP) is 5.59. The number of phenolic OH excluding ortho intramolecular Hbond substituents is 1. The predicted molar refractivity (Wildman–Crippen MR) is 161 cm³/mol. The number of carbonyl (C=O) groups excluding carboxylic acids is 4. The zero-order valence-corrected chi connectivity index (χ0v) is 23.2. The lowest BCUT2D eigenvalue weighted by Gasteiger charge is -2.44. The summed E-state index contributed by atoms with van der Waals surface area (Å²) >= 11 is 0. The van der Waals surface area contributed by atoms with Crippen LogP contribution < -0.4 is 9.80 Å². The van der Waals surface area contributed by atoms with Gasteiger partial charge in [-0.1, -0.05) is 78.4 Å². The number of allylic oxidation sites excluding steroid dienone is 2. The average Bonchev–Trinajstić information content (AvgIpc) is 3.44. The molecule has 0 spiro atoms. The van der Waals surface area contributed by atoms with Gasteiger partial charge in [0, 0.05) is 11.5 Å². The Hall–Kier alpha value is -5.04. The fourth-order valence-electron chi connectivity index (χ4n) is 8.18.